The van der Waals surface area contributed by atoms with Crippen molar-refractivity contribution in [2.75, 3.05) is 33.5 Å². The molecule has 1 saturated heterocycles. The molecule has 1 fully saturated rings. The van der Waals surface area contributed by atoms with Crippen molar-refractivity contribution in [3.63, 3.8) is 0 Å². The Labute approximate surface area is 96.7 Å². The maximum Gasteiger partial charge on any atom is 0.227 e. The predicted octanol–water partition coefficient (Wildman–Crippen LogP) is -0.107. The fourth-order valence-electron chi connectivity index (χ4n) is 1.73. The van der Waals surface area contributed by atoms with Crippen LogP contribution in [0.1, 0.15) is 19.3 Å². The summed E-state index contributed by atoms with van der Waals surface area (Å²) in [6.45, 7) is 2.45. The third kappa shape index (κ3) is 4.47. The lowest BCUT2D eigenvalue weighted by Crippen LogP contribution is -2.41. The van der Waals surface area contributed by atoms with E-state index in [1.165, 1.54) is 0 Å². The van der Waals surface area contributed by atoms with Crippen LogP contribution in [0.4, 0.5) is 0 Å². The zero-order valence-electron chi connectivity index (χ0n) is 9.91. The van der Waals surface area contributed by atoms with Crippen LogP contribution >= 0.6 is 0 Å². The second kappa shape index (κ2) is 7.60. The number of carbonyl (C=O) groups is 1. The van der Waals surface area contributed by atoms with E-state index in [-0.39, 0.29) is 17.9 Å². The van der Waals surface area contributed by atoms with Crippen LogP contribution in [0.3, 0.4) is 0 Å². The smallest absolute Gasteiger partial charge is 0.227 e. The van der Waals surface area contributed by atoms with Crippen molar-refractivity contribution in [2.24, 2.45) is 11.7 Å². The highest BCUT2D eigenvalue weighted by Crippen LogP contribution is 2.11. The molecule has 0 bridgehead atoms. The van der Waals surface area contributed by atoms with E-state index in [0.717, 1.165) is 25.9 Å². The van der Waals surface area contributed by atoms with Crippen LogP contribution in [0.2, 0.25) is 0 Å². The quantitative estimate of drug-likeness (QED) is 0.599. The topological polar surface area (TPSA) is 73.6 Å². The van der Waals surface area contributed by atoms with E-state index in [1.807, 2.05) is 0 Å². The lowest BCUT2D eigenvalue weighted by molar-refractivity contribution is -0.125. The summed E-state index contributed by atoms with van der Waals surface area (Å²) in [5, 5.41) is 2.89. The molecule has 2 atom stereocenters. The van der Waals surface area contributed by atoms with Crippen molar-refractivity contribution >= 4 is 5.91 Å². The normalized spacial score (nSPS) is 24.6. The molecule has 1 aliphatic rings. The fraction of sp³-hybridized carbons (Fsp3) is 0.909. The highest BCUT2D eigenvalue weighted by molar-refractivity contribution is 5.79. The largest absolute Gasteiger partial charge is 0.385 e. The molecule has 1 amide bonds. The van der Waals surface area contributed by atoms with Gasteiger partial charge >= 0.3 is 0 Å². The summed E-state index contributed by atoms with van der Waals surface area (Å²) in [6, 6.07) is -0.145. The zero-order valence-corrected chi connectivity index (χ0v) is 9.91. The van der Waals surface area contributed by atoms with Gasteiger partial charge in [0.05, 0.1) is 19.1 Å². The van der Waals surface area contributed by atoms with Crippen LogP contribution < -0.4 is 11.1 Å². The van der Waals surface area contributed by atoms with Crippen molar-refractivity contribution in [2.45, 2.75) is 25.3 Å². The first-order valence-electron chi connectivity index (χ1n) is 5.85. The Morgan fingerprint density at radius 2 is 2.25 bits per heavy atom. The summed E-state index contributed by atoms with van der Waals surface area (Å²) in [6.07, 6.45) is 3.09. The molecular formula is C11H22N2O3. The number of hydrogen-bond donors (Lipinski definition) is 2. The third-order valence-corrected chi connectivity index (χ3v) is 2.79. The van der Waals surface area contributed by atoms with Gasteiger partial charge < -0.3 is 20.5 Å². The van der Waals surface area contributed by atoms with Gasteiger partial charge in [0.25, 0.3) is 0 Å². The second-order valence-corrected chi connectivity index (χ2v) is 4.15. The molecule has 5 nitrogen and oxygen atoms in total. The van der Waals surface area contributed by atoms with Gasteiger partial charge in [0, 0.05) is 26.3 Å². The van der Waals surface area contributed by atoms with Gasteiger partial charge in [-0.15, -0.1) is 0 Å². The summed E-state index contributed by atoms with van der Waals surface area (Å²) in [7, 11) is 1.70. The molecule has 0 radical (unpaired) electrons. The average molecular weight is 230 g/mol. The van der Waals surface area contributed by atoms with Crippen LogP contribution in [0.25, 0.3) is 0 Å². The minimum absolute atomic E-state index is 0.0248. The Morgan fingerprint density at radius 3 is 2.88 bits per heavy atom. The molecule has 3 N–H and O–H groups in total. The van der Waals surface area contributed by atoms with Gasteiger partial charge in [-0.2, -0.15) is 0 Å². The molecule has 1 rings (SSSR count). The first kappa shape index (κ1) is 13.4. The van der Waals surface area contributed by atoms with Crippen LogP contribution in [0, 0.1) is 5.92 Å². The van der Waals surface area contributed by atoms with E-state index in [1.54, 1.807) is 7.11 Å². The van der Waals surface area contributed by atoms with Crippen LogP contribution in [0.15, 0.2) is 0 Å². The van der Waals surface area contributed by atoms with E-state index in [2.05, 4.69) is 5.32 Å². The Bertz CT molecular complexity index is 211. The first-order chi connectivity index (χ1) is 7.75. The fourth-order valence-corrected chi connectivity index (χ4v) is 1.73. The SMILES string of the molecule is COCCCCCNC(=O)C1COCC1N. The van der Waals surface area contributed by atoms with Crippen molar-refractivity contribution in [3.05, 3.63) is 0 Å². The Kier molecular flexibility index (Phi) is 6.37. The van der Waals surface area contributed by atoms with Crippen LogP contribution in [-0.2, 0) is 14.3 Å². The lowest BCUT2D eigenvalue weighted by atomic mass is 10.0. The van der Waals surface area contributed by atoms with Gasteiger partial charge in [0.2, 0.25) is 5.91 Å². The molecule has 0 spiro atoms. The van der Waals surface area contributed by atoms with Crippen LogP contribution in [-0.4, -0.2) is 45.4 Å². The maximum absolute atomic E-state index is 11.6. The standard InChI is InChI=1S/C11H22N2O3/c1-15-6-4-2-3-5-13-11(14)9-7-16-8-10(9)12/h9-10H,2-8,12H2,1H3,(H,13,14). The number of amides is 1. The Morgan fingerprint density at radius 1 is 1.44 bits per heavy atom. The van der Waals surface area contributed by atoms with Gasteiger partial charge in [-0.25, -0.2) is 0 Å². The number of carbonyl (C=O) groups excluding carboxylic acids is 1. The number of ether oxygens (including phenoxy) is 2. The molecule has 5 heteroatoms. The molecule has 94 valence electrons. The number of methoxy groups -OCH3 is 1. The monoisotopic (exact) mass is 230 g/mol. The van der Waals surface area contributed by atoms with Crippen molar-refractivity contribution < 1.29 is 14.3 Å². The molecule has 0 aromatic rings. The molecule has 16 heavy (non-hydrogen) atoms. The first-order valence-corrected chi connectivity index (χ1v) is 5.85. The second-order valence-electron chi connectivity index (χ2n) is 4.15. The number of rotatable bonds is 7. The summed E-state index contributed by atoms with van der Waals surface area (Å²) >= 11 is 0. The predicted molar refractivity (Wildman–Crippen MR) is 61.0 cm³/mol. The van der Waals surface area contributed by atoms with Gasteiger partial charge in [0.1, 0.15) is 0 Å². The summed E-state index contributed by atoms with van der Waals surface area (Å²) in [5.41, 5.74) is 5.75. The molecule has 0 aromatic carbocycles. The summed E-state index contributed by atoms with van der Waals surface area (Å²) < 4.78 is 10.1. The maximum atomic E-state index is 11.6. The van der Waals surface area contributed by atoms with Crippen LogP contribution in [0.5, 0.6) is 0 Å². The minimum Gasteiger partial charge on any atom is -0.385 e. The number of nitrogens with one attached hydrogen (secondary N) is 1. The molecule has 0 aromatic heterocycles. The highest BCUT2D eigenvalue weighted by atomic mass is 16.5. The molecule has 2 unspecified atom stereocenters. The summed E-state index contributed by atoms with van der Waals surface area (Å²) in [4.78, 5) is 11.6. The molecule has 0 saturated carbocycles. The molecule has 0 aliphatic carbocycles. The molecule has 1 heterocycles. The molecule has 1 aliphatic heterocycles. The number of unbranched alkanes of at least 4 members (excludes halogenated alkanes) is 2. The minimum atomic E-state index is -0.168. The summed E-state index contributed by atoms with van der Waals surface area (Å²) in [5.74, 6) is -0.143. The van der Waals surface area contributed by atoms with Gasteiger partial charge in [-0.05, 0) is 19.3 Å². The van der Waals surface area contributed by atoms with Gasteiger partial charge in [-0.3, -0.25) is 4.79 Å². The highest BCUT2D eigenvalue weighted by Gasteiger charge is 2.30. The zero-order chi connectivity index (χ0) is 11.8. The van der Waals surface area contributed by atoms with Crippen molar-refractivity contribution in [3.8, 4) is 0 Å². The van der Waals surface area contributed by atoms with Gasteiger partial charge in [0.15, 0.2) is 0 Å². The van der Waals surface area contributed by atoms with E-state index in [9.17, 15) is 4.79 Å². The average Bonchev–Trinajstić information content (AvgIpc) is 2.69. The Balaban J connectivity index is 2.02. The van der Waals surface area contributed by atoms with E-state index < -0.39 is 0 Å². The Hall–Kier alpha value is -0.650. The van der Waals surface area contributed by atoms with Crippen molar-refractivity contribution in [1.29, 1.82) is 0 Å². The molecular weight excluding hydrogens is 208 g/mol. The number of hydrogen-bond acceptors (Lipinski definition) is 4. The third-order valence-electron chi connectivity index (χ3n) is 2.79. The van der Waals surface area contributed by atoms with E-state index in [0.29, 0.717) is 19.8 Å². The van der Waals surface area contributed by atoms with E-state index >= 15 is 0 Å². The lowest BCUT2D eigenvalue weighted by Gasteiger charge is -2.13. The van der Waals surface area contributed by atoms with E-state index in [4.69, 9.17) is 15.2 Å². The number of nitrogens with two attached hydrogens (primary N) is 1. The van der Waals surface area contributed by atoms with Gasteiger partial charge in [-0.1, -0.05) is 0 Å². The van der Waals surface area contributed by atoms with Crippen molar-refractivity contribution in [1.82, 2.24) is 5.32 Å².